The van der Waals surface area contributed by atoms with E-state index in [2.05, 4.69) is 10.3 Å². The summed E-state index contributed by atoms with van der Waals surface area (Å²) in [5, 5.41) is 13.5. The average molecular weight is 328 g/mol. The third-order valence-corrected chi connectivity index (χ3v) is 3.81. The van der Waals surface area contributed by atoms with Gasteiger partial charge in [-0.3, -0.25) is 15.0 Å². The predicted octanol–water partition coefficient (Wildman–Crippen LogP) is 4.06. The summed E-state index contributed by atoms with van der Waals surface area (Å²) in [5.41, 5.74) is 5.44. The number of amides is 1. The maximum absolute atomic E-state index is 11.5. The first-order valence-corrected chi connectivity index (χ1v) is 7.32. The minimum atomic E-state index is -0.585. The summed E-state index contributed by atoms with van der Waals surface area (Å²) >= 11 is 6.00. The molecule has 0 aliphatic heterocycles. The summed E-state index contributed by atoms with van der Waals surface area (Å²) in [6.07, 6.45) is 1.43. The van der Waals surface area contributed by atoms with Crippen LogP contribution < -0.4 is 10.8 Å². The van der Waals surface area contributed by atoms with Gasteiger partial charge < -0.3 is 5.32 Å². The number of aryl methyl sites for hydroxylation is 1. The second kappa shape index (κ2) is 6.24. The summed E-state index contributed by atoms with van der Waals surface area (Å²) in [7, 11) is 0. The summed E-state index contributed by atoms with van der Waals surface area (Å²) < 4.78 is 0. The Morgan fingerprint density at radius 2 is 2.04 bits per heavy atom. The molecule has 0 unspecified atom stereocenters. The highest BCUT2D eigenvalue weighted by Crippen LogP contribution is 2.28. The van der Waals surface area contributed by atoms with E-state index in [1.54, 1.807) is 11.5 Å². The van der Waals surface area contributed by atoms with Crippen molar-refractivity contribution in [1.82, 2.24) is 10.5 Å². The van der Waals surface area contributed by atoms with E-state index in [9.17, 15) is 4.79 Å². The summed E-state index contributed by atoms with van der Waals surface area (Å²) in [4.78, 5) is 15.8. The number of fused-ring (bicyclic) bond motifs is 1. The van der Waals surface area contributed by atoms with Gasteiger partial charge in [-0.15, -0.1) is 0 Å². The Balaban J connectivity index is 2.00. The smallest absolute Gasteiger partial charge is 0.276 e. The van der Waals surface area contributed by atoms with Crippen LogP contribution in [0.15, 0.2) is 48.7 Å². The van der Waals surface area contributed by atoms with Gasteiger partial charge in [-0.1, -0.05) is 23.7 Å². The fraction of sp³-hybridized carbons (Fsp3) is 0.0588. The minimum Gasteiger partial charge on any atom is -0.355 e. The SMILES string of the molecule is Cc1c(Nc2cccc(Cl)c2)ccc2cc(C(=O)NO)cnc12. The standard InChI is InChI=1S/C17H14ClN3O2/c1-10-15(20-14-4-2-3-13(18)8-14)6-5-11-7-12(17(22)21-23)9-19-16(10)11/h2-9,20,23H,1H3,(H,21,22). The topological polar surface area (TPSA) is 74.2 Å². The molecule has 0 saturated carbocycles. The normalized spacial score (nSPS) is 10.6. The van der Waals surface area contributed by atoms with Gasteiger partial charge in [-0.2, -0.15) is 0 Å². The number of nitrogens with zero attached hydrogens (tertiary/aromatic N) is 1. The van der Waals surface area contributed by atoms with Crippen LogP contribution in [0.2, 0.25) is 5.02 Å². The van der Waals surface area contributed by atoms with Gasteiger partial charge in [0.15, 0.2) is 0 Å². The van der Waals surface area contributed by atoms with Gasteiger partial charge >= 0.3 is 0 Å². The highest BCUT2D eigenvalue weighted by Gasteiger charge is 2.09. The van der Waals surface area contributed by atoms with Crippen molar-refractivity contribution in [2.45, 2.75) is 6.92 Å². The first-order valence-electron chi connectivity index (χ1n) is 6.95. The van der Waals surface area contributed by atoms with Crippen LogP contribution in [0.1, 0.15) is 15.9 Å². The molecule has 0 fully saturated rings. The number of carbonyl (C=O) groups excluding carboxylic acids is 1. The van der Waals surface area contributed by atoms with Crippen LogP contribution in [0, 0.1) is 6.92 Å². The van der Waals surface area contributed by atoms with Crippen LogP contribution in [0.3, 0.4) is 0 Å². The average Bonchev–Trinajstić information content (AvgIpc) is 2.56. The Kier molecular flexibility index (Phi) is 4.14. The molecule has 0 atom stereocenters. The molecule has 1 heterocycles. The highest BCUT2D eigenvalue weighted by molar-refractivity contribution is 6.30. The maximum atomic E-state index is 11.5. The molecule has 1 amide bonds. The predicted molar refractivity (Wildman–Crippen MR) is 90.5 cm³/mol. The number of hydroxylamine groups is 1. The molecule has 2 aromatic carbocycles. The number of nitrogens with one attached hydrogen (secondary N) is 2. The minimum absolute atomic E-state index is 0.301. The molecule has 0 bridgehead atoms. The summed E-state index contributed by atoms with van der Waals surface area (Å²) in [6.45, 7) is 1.95. The lowest BCUT2D eigenvalue weighted by molar-refractivity contribution is 0.0706. The lowest BCUT2D eigenvalue weighted by Gasteiger charge is -2.12. The molecule has 23 heavy (non-hydrogen) atoms. The Bertz CT molecular complexity index is 896. The van der Waals surface area contributed by atoms with Crippen molar-refractivity contribution >= 4 is 39.8 Å². The molecule has 116 valence electrons. The Morgan fingerprint density at radius 3 is 2.78 bits per heavy atom. The molecule has 0 saturated heterocycles. The molecule has 0 radical (unpaired) electrons. The maximum Gasteiger partial charge on any atom is 0.276 e. The van der Waals surface area contributed by atoms with Crippen LogP contribution in [-0.2, 0) is 0 Å². The Hall–Kier alpha value is -2.63. The van der Waals surface area contributed by atoms with Crippen molar-refractivity contribution in [2.24, 2.45) is 0 Å². The summed E-state index contributed by atoms with van der Waals surface area (Å²) in [6, 6.07) is 12.9. The zero-order valence-electron chi connectivity index (χ0n) is 12.3. The van der Waals surface area contributed by atoms with Crippen molar-refractivity contribution in [3.63, 3.8) is 0 Å². The molecule has 3 aromatic rings. The molecule has 1 aromatic heterocycles. The van der Waals surface area contributed by atoms with Crippen molar-refractivity contribution in [3.05, 3.63) is 64.8 Å². The van der Waals surface area contributed by atoms with Gasteiger partial charge in [-0.05, 0) is 42.8 Å². The fourth-order valence-corrected chi connectivity index (χ4v) is 2.58. The van der Waals surface area contributed by atoms with E-state index in [0.717, 1.165) is 27.8 Å². The number of carbonyl (C=O) groups is 1. The molecule has 3 N–H and O–H groups in total. The van der Waals surface area contributed by atoms with Gasteiger partial charge in [0.25, 0.3) is 5.91 Å². The number of halogens is 1. The van der Waals surface area contributed by atoms with Crippen molar-refractivity contribution in [2.75, 3.05) is 5.32 Å². The molecule has 0 spiro atoms. The molecule has 0 aliphatic carbocycles. The van der Waals surface area contributed by atoms with Crippen molar-refractivity contribution in [3.8, 4) is 0 Å². The highest BCUT2D eigenvalue weighted by atomic mass is 35.5. The second-order valence-electron chi connectivity index (χ2n) is 5.11. The van der Waals surface area contributed by atoms with Gasteiger partial charge in [0.05, 0.1) is 11.1 Å². The largest absolute Gasteiger partial charge is 0.355 e. The quantitative estimate of drug-likeness (QED) is 0.501. The Morgan fingerprint density at radius 1 is 1.22 bits per heavy atom. The number of aromatic nitrogens is 1. The zero-order valence-corrected chi connectivity index (χ0v) is 13.1. The third-order valence-electron chi connectivity index (χ3n) is 3.57. The number of anilines is 2. The first-order chi connectivity index (χ1) is 11.1. The van der Waals surface area contributed by atoms with Crippen LogP contribution >= 0.6 is 11.6 Å². The molecular weight excluding hydrogens is 314 g/mol. The van der Waals surface area contributed by atoms with Gasteiger partial charge in [0.2, 0.25) is 0 Å². The van der Waals surface area contributed by atoms with Crippen molar-refractivity contribution in [1.29, 1.82) is 0 Å². The monoisotopic (exact) mass is 327 g/mol. The van der Waals surface area contributed by atoms with E-state index in [0.29, 0.717) is 10.6 Å². The zero-order chi connectivity index (χ0) is 16.4. The van der Waals surface area contributed by atoms with E-state index >= 15 is 0 Å². The Labute approximate surface area is 137 Å². The summed E-state index contributed by atoms with van der Waals surface area (Å²) in [5.74, 6) is -0.585. The molecule has 3 rings (SSSR count). The lowest BCUT2D eigenvalue weighted by atomic mass is 10.1. The van der Waals surface area contributed by atoms with Gasteiger partial charge in [0.1, 0.15) is 0 Å². The number of rotatable bonds is 3. The van der Waals surface area contributed by atoms with Crippen LogP contribution in [0.25, 0.3) is 10.9 Å². The number of hydrogen-bond acceptors (Lipinski definition) is 4. The first kappa shape index (κ1) is 15.3. The van der Waals surface area contributed by atoms with Crippen LogP contribution in [0.4, 0.5) is 11.4 Å². The number of benzene rings is 2. The van der Waals surface area contributed by atoms with Gasteiger partial charge in [0, 0.05) is 28.0 Å². The molecule has 0 aliphatic rings. The van der Waals surface area contributed by atoms with E-state index in [4.69, 9.17) is 16.8 Å². The fourth-order valence-electron chi connectivity index (χ4n) is 2.39. The van der Waals surface area contributed by atoms with Gasteiger partial charge in [-0.25, -0.2) is 5.48 Å². The lowest BCUT2D eigenvalue weighted by Crippen LogP contribution is -2.18. The third kappa shape index (κ3) is 3.11. The molecular formula is C17H14ClN3O2. The molecule has 6 heteroatoms. The van der Waals surface area contributed by atoms with Crippen LogP contribution in [-0.4, -0.2) is 16.1 Å². The second-order valence-corrected chi connectivity index (χ2v) is 5.55. The van der Waals surface area contributed by atoms with E-state index in [1.807, 2.05) is 43.3 Å². The number of hydrogen-bond donors (Lipinski definition) is 3. The van der Waals surface area contributed by atoms with E-state index < -0.39 is 5.91 Å². The van der Waals surface area contributed by atoms with Crippen molar-refractivity contribution < 1.29 is 10.0 Å². The van der Waals surface area contributed by atoms with E-state index in [1.165, 1.54) is 6.20 Å². The van der Waals surface area contributed by atoms with Crippen LogP contribution in [0.5, 0.6) is 0 Å². The van der Waals surface area contributed by atoms with E-state index in [-0.39, 0.29) is 0 Å². The molecule has 5 nitrogen and oxygen atoms in total. The number of pyridine rings is 1.